The summed E-state index contributed by atoms with van der Waals surface area (Å²) in [6, 6.07) is 2.16. The van der Waals surface area contributed by atoms with Crippen LogP contribution in [0.25, 0.3) is 0 Å². The van der Waals surface area contributed by atoms with Crippen LogP contribution in [0, 0.1) is 0 Å². The van der Waals surface area contributed by atoms with E-state index < -0.39 is 0 Å². The molecule has 0 radical (unpaired) electrons. The van der Waals surface area contributed by atoms with Crippen molar-refractivity contribution in [3.63, 3.8) is 0 Å². The molecule has 3 nitrogen and oxygen atoms in total. The molecular formula is C11H14ClNO2S. The highest BCUT2D eigenvalue weighted by molar-refractivity contribution is 7.14. The number of carbonyl (C=O) groups is 1. The second-order valence-corrected chi connectivity index (χ2v) is 5.61. The number of hydrogen-bond donors (Lipinski definition) is 1. The molecular weight excluding hydrogens is 246 g/mol. The first-order valence-corrected chi connectivity index (χ1v) is 6.52. The molecule has 2 heterocycles. The van der Waals surface area contributed by atoms with E-state index in [0.29, 0.717) is 29.0 Å². The second kappa shape index (κ2) is 5.27. The smallest absolute Gasteiger partial charge is 0.165 e. The first-order chi connectivity index (χ1) is 7.65. The molecule has 1 aromatic rings. The van der Waals surface area contributed by atoms with Crippen molar-refractivity contribution < 1.29 is 9.53 Å². The van der Waals surface area contributed by atoms with Crippen LogP contribution in [-0.4, -0.2) is 31.1 Å². The summed E-state index contributed by atoms with van der Waals surface area (Å²) in [5, 5.41) is 5.15. The Morgan fingerprint density at radius 3 is 3.12 bits per heavy atom. The summed E-state index contributed by atoms with van der Waals surface area (Å²) in [6.45, 7) is 3.38. The Labute approximate surface area is 104 Å². The van der Waals surface area contributed by atoms with Crippen LogP contribution in [0.2, 0.25) is 4.34 Å². The molecule has 2 atom stereocenters. The number of ketones is 1. The highest BCUT2D eigenvalue weighted by atomic mass is 35.5. The van der Waals surface area contributed by atoms with Gasteiger partial charge >= 0.3 is 0 Å². The van der Waals surface area contributed by atoms with E-state index in [-0.39, 0.29) is 11.8 Å². The van der Waals surface area contributed by atoms with Gasteiger partial charge in [0.25, 0.3) is 0 Å². The quantitative estimate of drug-likeness (QED) is 0.847. The van der Waals surface area contributed by atoms with Crippen molar-refractivity contribution in [2.24, 2.45) is 0 Å². The van der Waals surface area contributed by atoms with Gasteiger partial charge in [-0.15, -0.1) is 11.3 Å². The highest BCUT2D eigenvalue weighted by Gasteiger charge is 2.21. The first-order valence-electron chi connectivity index (χ1n) is 5.26. The van der Waals surface area contributed by atoms with Gasteiger partial charge in [-0.2, -0.15) is 0 Å². The SMILES string of the molecule is CC1COCC(CC(=O)c2csc(Cl)c2)N1. The van der Waals surface area contributed by atoms with E-state index >= 15 is 0 Å². The summed E-state index contributed by atoms with van der Waals surface area (Å²) >= 11 is 7.18. The van der Waals surface area contributed by atoms with E-state index in [4.69, 9.17) is 16.3 Å². The van der Waals surface area contributed by atoms with Crippen molar-refractivity contribution in [3.8, 4) is 0 Å². The summed E-state index contributed by atoms with van der Waals surface area (Å²) in [5.74, 6) is 0.123. The van der Waals surface area contributed by atoms with Gasteiger partial charge in [0.05, 0.1) is 17.6 Å². The monoisotopic (exact) mass is 259 g/mol. The number of Topliss-reactive ketones (excluding diaryl/α,β-unsaturated/α-hetero) is 1. The van der Waals surface area contributed by atoms with Crippen LogP contribution in [0.1, 0.15) is 23.7 Å². The number of ether oxygens (including phenoxy) is 1. The van der Waals surface area contributed by atoms with E-state index in [2.05, 4.69) is 12.2 Å². The fourth-order valence-corrected chi connectivity index (χ4v) is 2.69. The topological polar surface area (TPSA) is 38.3 Å². The molecule has 0 aliphatic carbocycles. The van der Waals surface area contributed by atoms with Gasteiger partial charge in [0.1, 0.15) is 0 Å². The molecule has 2 unspecified atom stereocenters. The highest BCUT2D eigenvalue weighted by Crippen LogP contribution is 2.21. The van der Waals surface area contributed by atoms with Gasteiger partial charge in [0.2, 0.25) is 0 Å². The molecule has 0 aromatic carbocycles. The van der Waals surface area contributed by atoms with Gasteiger partial charge < -0.3 is 10.1 Å². The minimum atomic E-state index is 0.120. The lowest BCUT2D eigenvalue weighted by atomic mass is 10.1. The standard InChI is InChI=1S/C11H14ClNO2S/c1-7-4-15-5-9(13-7)3-10(14)8-2-11(12)16-6-8/h2,6-7,9,13H,3-5H2,1H3. The lowest BCUT2D eigenvalue weighted by molar-refractivity contribution is 0.0463. The Morgan fingerprint density at radius 1 is 1.69 bits per heavy atom. The molecule has 1 N–H and O–H groups in total. The molecule has 1 saturated heterocycles. The summed E-state index contributed by atoms with van der Waals surface area (Å²) in [6.07, 6.45) is 0.470. The molecule has 0 bridgehead atoms. The number of halogens is 1. The van der Waals surface area contributed by atoms with Gasteiger partial charge in [-0.05, 0) is 13.0 Å². The number of thiophene rings is 1. The van der Waals surface area contributed by atoms with Gasteiger partial charge in [0, 0.05) is 29.4 Å². The average Bonchev–Trinajstić information content (AvgIpc) is 2.65. The number of nitrogens with one attached hydrogen (secondary N) is 1. The van der Waals surface area contributed by atoms with Crippen molar-refractivity contribution >= 4 is 28.7 Å². The molecule has 0 spiro atoms. The lowest BCUT2D eigenvalue weighted by Gasteiger charge is -2.28. The Balaban J connectivity index is 1.92. The van der Waals surface area contributed by atoms with Crippen molar-refractivity contribution in [3.05, 3.63) is 21.3 Å². The minimum Gasteiger partial charge on any atom is -0.378 e. The average molecular weight is 260 g/mol. The largest absolute Gasteiger partial charge is 0.378 e. The maximum Gasteiger partial charge on any atom is 0.165 e. The fourth-order valence-electron chi connectivity index (χ4n) is 1.80. The molecule has 0 amide bonds. The van der Waals surface area contributed by atoms with Crippen LogP contribution in [0.5, 0.6) is 0 Å². The van der Waals surface area contributed by atoms with Gasteiger partial charge in [-0.3, -0.25) is 4.79 Å². The summed E-state index contributed by atoms with van der Waals surface area (Å²) in [5.41, 5.74) is 0.704. The molecule has 1 aliphatic heterocycles. The van der Waals surface area contributed by atoms with E-state index in [9.17, 15) is 4.79 Å². The number of carbonyl (C=O) groups excluding carboxylic acids is 1. The first kappa shape index (κ1) is 12.0. The van der Waals surface area contributed by atoms with Crippen molar-refractivity contribution in [2.75, 3.05) is 13.2 Å². The van der Waals surface area contributed by atoms with Crippen molar-refractivity contribution in [2.45, 2.75) is 25.4 Å². The van der Waals surface area contributed by atoms with E-state index in [1.807, 2.05) is 0 Å². The molecule has 88 valence electrons. The molecule has 5 heteroatoms. The van der Waals surface area contributed by atoms with Crippen molar-refractivity contribution in [1.29, 1.82) is 0 Å². The minimum absolute atomic E-state index is 0.120. The third-order valence-corrected chi connectivity index (χ3v) is 3.62. The van der Waals surface area contributed by atoms with Gasteiger partial charge in [-0.1, -0.05) is 11.6 Å². The zero-order valence-corrected chi connectivity index (χ0v) is 10.6. The zero-order valence-electron chi connectivity index (χ0n) is 9.03. The third-order valence-electron chi connectivity index (χ3n) is 2.53. The Kier molecular flexibility index (Phi) is 3.97. The molecule has 16 heavy (non-hydrogen) atoms. The number of hydrogen-bond acceptors (Lipinski definition) is 4. The predicted molar refractivity (Wildman–Crippen MR) is 65.5 cm³/mol. The molecule has 0 saturated carbocycles. The van der Waals surface area contributed by atoms with Crippen LogP contribution >= 0.6 is 22.9 Å². The van der Waals surface area contributed by atoms with Crippen LogP contribution in [0.4, 0.5) is 0 Å². The lowest BCUT2D eigenvalue weighted by Crippen LogP contribution is -2.48. The van der Waals surface area contributed by atoms with Gasteiger partial charge in [0.15, 0.2) is 5.78 Å². The number of morpholine rings is 1. The molecule has 1 aromatic heterocycles. The van der Waals surface area contributed by atoms with Crippen LogP contribution in [0.3, 0.4) is 0 Å². The van der Waals surface area contributed by atoms with Gasteiger partial charge in [-0.25, -0.2) is 0 Å². The predicted octanol–water partition coefficient (Wildman–Crippen LogP) is 2.35. The van der Waals surface area contributed by atoms with E-state index in [0.717, 1.165) is 6.61 Å². The van der Waals surface area contributed by atoms with E-state index in [1.54, 1.807) is 11.4 Å². The Morgan fingerprint density at radius 2 is 2.50 bits per heavy atom. The van der Waals surface area contributed by atoms with Crippen LogP contribution in [0.15, 0.2) is 11.4 Å². The Hall–Kier alpha value is -0.420. The van der Waals surface area contributed by atoms with Crippen LogP contribution < -0.4 is 5.32 Å². The summed E-state index contributed by atoms with van der Waals surface area (Å²) in [4.78, 5) is 11.9. The van der Waals surface area contributed by atoms with Crippen molar-refractivity contribution in [1.82, 2.24) is 5.32 Å². The fraction of sp³-hybridized carbons (Fsp3) is 0.545. The Bertz CT molecular complexity index is 380. The molecule has 1 fully saturated rings. The summed E-state index contributed by atoms with van der Waals surface area (Å²) < 4.78 is 6.06. The molecule has 1 aliphatic rings. The maximum atomic E-state index is 11.9. The normalized spacial score (nSPS) is 25.6. The molecule has 2 rings (SSSR count). The third kappa shape index (κ3) is 3.04. The van der Waals surface area contributed by atoms with Crippen LogP contribution in [-0.2, 0) is 4.74 Å². The second-order valence-electron chi connectivity index (χ2n) is 4.07. The summed E-state index contributed by atoms with van der Waals surface area (Å²) in [7, 11) is 0. The van der Waals surface area contributed by atoms with E-state index in [1.165, 1.54) is 11.3 Å². The number of rotatable bonds is 3. The maximum absolute atomic E-state index is 11.9. The zero-order chi connectivity index (χ0) is 11.5.